The molecule has 0 aliphatic rings. The van der Waals surface area contributed by atoms with Gasteiger partial charge in [0, 0.05) is 23.8 Å². The summed E-state index contributed by atoms with van der Waals surface area (Å²) in [6.45, 7) is 2.85. The summed E-state index contributed by atoms with van der Waals surface area (Å²) in [5.74, 6) is -0.172. The molecule has 5 nitrogen and oxygen atoms in total. The molecule has 0 aliphatic heterocycles. The molecule has 7 heteroatoms. The number of rotatable bonds is 9. The molecule has 1 aromatic carbocycles. The Balaban J connectivity index is 1.44. The van der Waals surface area contributed by atoms with Crippen molar-refractivity contribution in [2.75, 3.05) is 6.61 Å². The molecular formula is C21H21NO4S2. The van der Waals surface area contributed by atoms with Crippen LogP contribution in [0.25, 0.3) is 20.4 Å². The molecule has 0 fully saturated rings. The van der Waals surface area contributed by atoms with Crippen LogP contribution in [0.4, 0.5) is 0 Å². The summed E-state index contributed by atoms with van der Waals surface area (Å²) in [6.07, 6.45) is 0.329. The van der Waals surface area contributed by atoms with Gasteiger partial charge in [-0.3, -0.25) is 4.57 Å². The van der Waals surface area contributed by atoms with Gasteiger partial charge in [-0.25, -0.2) is 4.79 Å². The first-order chi connectivity index (χ1) is 13.7. The number of thiophene rings is 2. The summed E-state index contributed by atoms with van der Waals surface area (Å²) in [6, 6.07) is 11.9. The number of fused-ring (bicyclic) bond motifs is 3. The fourth-order valence-electron chi connectivity index (χ4n) is 3.19. The van der Waals surface area contributed by atoms with E-state index in [1.807, 2.05) is 31.2 Å². The Labute approximate surface area is 170 Å². The van der Waals surface area contributed by atoms with E-state index in [4.69, 9.17) is 9.47 Å². The lowest BCUT2D eigenvalue weighted by molar-refractivity contribution is -0.150. The Morgan fingerprint density at radius 3 is 2.29 bits per heavy atom. The molecule has 0 saturated heterocycles. The van der Waals surface area contributed by atoms with Crippen LogP contribution in [0.3, 0.4) is 0 Å². The van der Waals surface area contributed by atoms with Gasteiger partial charge in [0.1, 0.15) is 15.4 Å². The lowest BCUT2D eigenvalue weighted by Crippen LogP contribution is -2.26. The Hall–Kier alpha value is -2.35. The number of hydrogen-bond donors (Lipinski definition) is 1. The molecule has 4 aromatic rings. The van der Waals surface area contributed by atoms with Gasteiger partial charge >= 0.3 is 5.97 Å². The zero-order valence-corrected chi connectivity index (χ0v) is 17.1. The largest absolute Gasteiger partial charge is 0.479 e. The maximum atomic E-state index is 11.3. The van der Waals surface area contributed by atoms with Gasteiger partial charge in [-0.15, -0.1) is 22.7 Å². The van der Waals surface area contributed by atoms with Crippen LogP contribution < -0.4 is 4.74 Å². The summed E-state index contributed by atoms with van der Waals surface area (Å²) >= 11 is 3.44. The molecular weight excluding hydrogens is 394 g/mol. The van der Waals surface area contributed by atoms with Crippen LogP contribution in [0.2, 0.25) is 0 Å². The topological polar surface area (TPSA) is 60.7 Å². The van der Waals surface area contributed by atoms with Crippen molar-refractivity contribution in [2.24, 2.45) is 0 Å². The number of hydrogen-bond acceptors (Lipinski definition) is 5. The predicted octanol–water partition coefficient (Wildman–Crippen LogP) is 5.38. The van der Waals surface area contributed by atoms with Crippen molar-refractivity contribution in [1.29, 1.82) is 0 Å². The van der Waals surface area contributed by atoms with Crippen molar-refractivity contribution < 1.29 is 19.4 Å². The van der Waals surface area contributed by atoms with Gasteiger partial charge in [0.05, 0.1) is 0 Å². The van der Waals surface area contributed by atoms with Crippen molar-refractivity contribution in [1.82, 2.24) is 4.57 Å². The highest BCUT2D eigenvalue weighted by Gasteiger charge is 2.18. The minimum Gasteiger partial charge on any atom is -0.479 e. The zero-order valence-electron chi connectivity index (χ0n) is 15.5. The normalized spacial score (nSPS) is 12.6. The van der Waals surface area contributed by atoms with E-state index in [2.05, 4.69) is 27.5 Å². The fraction of sp³-hybridized carbons (Fsp3) is 0.286. The van der Waals surface area contributed by atoms with Crippen LogP contribution in [-0.4, -0.2) is 28.4 Å². The number of ether oxygens (including phenoxy) is 2. The minimum atomic E-state index is -0.929. The predicted molar refractivity (Wildman–Crippen MR) is 114 cm³/mol. The summed E-state index contributed by atoms with van der Waals surface area (Å²) < 4.78 is 13.6. The highest BCUT2D eigenvalue weighted by molar-refractivity contribution is 7.19. The van der Waals surface area contributed by atoms with E-state index in [-0.39, 0.29) is 0 Å². The van der Waals surface area contributed by atoms with E-state index < -0.39 is 12.1 Å². The van der Waals surface area contributed by atoms with Gasteiger partial charge in [-0.2, -0.15) is 0 Å². The van der Waals surface area contributed by atoms with Crippen LogP contribution in [0.1, 0.15) is 18.9 Å². The smallest absolute Gasteiger partial charge is 0.333 e. The number of benzene rings is 1. The van der Waals surface area contributed by atoms with Crippen LogP contribution in [-0.2, 0) is 22.7 Å². The molecule has 1 atom stereocenters. The van der Waals surface area contributed by atoms with Crippen LogP contribution in [0, 0.1) is 0 Å². The molecule has 3 aromatic heterocycles. The van der Waals surface area contributed by atoms with Crippen LogP contribution in [0.15, 0.2) is 47.2 Å². The highest BCUT2D eigenvalue weighted by Crippen LogP contribution is 2.35. The standard InChI is InChI=1S/C21H21NO4S2/c1-2-9-25-18(21(23)24)12-14-3-5-15(6-4-14)26-13-22-19-16(7-10-27-19)17-8-11-28-20(17)22/h3-8,10-11,18H,2,9,12-13H2,1H3,(H,23,24). The molecule has 3 heterocycles. The highest BCUT2D eigenvalue weighted by atomic mass is 32.1. The molecule has 0 saturated carbocycles. The molecule has 0 amide bonds. The fourth-order valence-corrected chi connectivity index (χ4v) is 5.07. The molecule has 4 rings (SSSR count). The summed E-state index contributed by atoms with van der Waals surface area (Å²) in [4.78, 5) is 13.8. The van der Waals surface area contributed by atoms with Crippen molar-refractivity contribution in [2.45, 2.75) is 32.6 Å². The number of nitrogens with zero attached hydrogens (tertiary/aromatic N) is 1. The second-order valence-corrected chi connectivity index (χ2v) is 8.32. The first-order valence-electron chi connectivity index (χ1n) is 9.16. The minimum absolute atomic E-state index is 0.346. The molecule has 0 radical (unpaired) electrons. The number of carboxylic acids is 1. The SMILES string of the molecule is CCCOC(Cc1ccc(OCn2c3sccc3c3ccsc32)cc1)C(=O)O. The molecule has 0 spiro atoms. The van der Waals surface area contributed by atoms with Crippen molar-refractivity contribution in [3.05, 3.63) is 52.7 Å². The third kappa shape index (κ3) is 3.78. The first kappa shape index (κ1) is 19.0. The lowest BCUT2D eigenvalue weighted by Gasteiger charge is -2.14. The Bertz CT molecular complexity index is 1030. The van der Waals surface area contributed by atoms with E-state index in [0.717, 1.165) is 17.7 Å². The summed E-state index contributed by atoms with van der Waals surface area (Å²) in [7, 11) is 0. The second kappa shape index (κ2) is 8.34. The number of aromatic nitrogens is 1. The molecule has 1 N–H and O–H groups in total. The third-order valence-electron chi connectivity index (χ3n) is 4.57. The third-order valence-corrected chi connectivity index (χ3v) is 6.44. The average molecular weight is 416 g/mol. The van der Waals surface area contributed by atoms with Crippen molar-refractivity contribution in [3.63, 3.8) is 0 Å². The molecule has 0 bridgehead atoms. The maximum absolute atomic E-state index is 11.3. The molecule has 146 valence electrons. The number of aliphatic carboxylic acids is 1. The van der Waals surface area contributed by atoms with E-state index in [1.54, 1.807) is 22.7 Å². The maximum Gasteiger partial charge on any atom is 0.333 e. The Kier molecular flexibility index (Phi) is 5.66. The second-order valence-electron chi connectivity index (χ2n) is 6.53. The summed E-state index contributed by atoms with van der Waals surface area (Å²) in [5.41, 5.74) is 0.915. The van der Waals surface area contributed by atoms with Crippen LogP contribution >= 0.6 is 22.7 Å². The van der Waals surface area contributed by atoms with E-state index in [9.17, 15) is 9.90 Å². The van der Waals surface area contributed by atoms with Crippen molar-refractivity contribution >= 4 is 49.1 Å². The quantitative estimate of drug-likeness (QED) is 0.399. The van der Waals surface area contributed by atoms with Gasteiger partial charge < -0.3 is 14.6 Å². The first-order valence-corrected chi connectivity index (χ1v) is 10.9. The number of carbonyl (C=O) groups is 1. The van der Waals surface area contributed by atoms with E-state index in [0.29, 0.717) is 19.8 Å². The van der Waals surface area contributed by atoms with E-state index >= 15 is 0 Å². The molecule has 28 heavy (non-hydrogen) atoms. The van der Waals surface area contributed by atoms with E-state index in [1.165, 1.54) is 20.4 Å². The van der Waals surface area contributed by atoms with Gasteiger partial charge in [-0.1, -0.05) is 19.1 Å². The lowest BCUT2D eigenvalue weighted by atomic mass is 10.1. The molecule has 1 unspecified atom stereocenters. The van der Waals surface area contributed by atoms with Gasteiger partial charge in [0.25, 0.3) is 0 Å². The molecule has 0 aliphatic carbocycles. The van der Waals surface area contributed by atoms with Crippen LogP contribution in [0.5, 0.6) is 5.75 Å². The summed E-state index contributed by atoms with van der Waals surface area (Å²) in [5, 5.41) is 16.0. The van der Waals surface area contributed by atoms with Crippen molar-refractivity contribution in [3.8, 4) is 5.75 Å². The zero-order chi connectivity index (χ0) is 19.5. The number of carboxylic acid groups (broad SMARTS) is 1. The Morgan fingerprint density at radius 2 is 1.71 bits per heavy atom. The Morgan fingerprint density at radius 1 is 1.07 bits per heavy atom. The average Bonchev–Trinajstić information content (AvgIpc) is 3.39. The van der Waals surface area contributed by atoms with Gasteiger partial charge in [0.2, 0.25) is 0 Å². The monoisotopic (exact) mass is 415 g/mol. The van der Waals surface area contributed by atoms with Gasteiger partial charge in [-0.05, 0) is 47.0 Å². The van der Waals surface area contributed by atoms with Gasteiger partial charge in [0.15, 0.2) is 12.8 Å².